The van der Waals surface area contributed by atoms with Crippen molar-refractivity contribution < 1.29 is 4.74 Å². The molecule has 5 heteroatoms. The van der Waals surface area contributed by atoms with Gasteiger partial charge in [0, 0.05) is 27.1 Å². The highest BCUT2D eigenvalue weighted by atomic mass is 79.9. The van der Waals surface area contributed by atoms with Gasteiger partial charge >= 0.3 is 0 Å². The molecule has 0 saturated heterocycles. The summed E-state index contributed by atoms with van der Waals surface area (Å²) in [7, 11) is 3.62. The molecule has 0 saturated carbocycles. The second kappa shape index (κ2) is 8.20. The summed E-state index contributed by atoms with van der Waals surface area (Å²) in [5.41, 5.74) is 5.00. The van der Waals surface area contributed by atoms with E-state index in [9.17, 15) is 0 Å². The molecule has 0 spiro atoms. The molecule has 0 radical (unpaired) electrons. The molecular formula is C19H24BrN3O. The molecular weight excluding hydrogens is 366 g/mol. The van der Waals surface area contributed by atoms with E-state index in [4.69, 9.17) is 4.74 Å². The second-order valence-corrected chi connectivity index (χ2v) is 5.83. The lowest BCUT2D eigenvalue weighted by Crippen LogP contribution is -2.34. The third-order valence-corrected chi connectivity index (χ3v) is 4.10. The zero-order valence-corrected chi connectivity index (χ0v) is 16.0. The molecule has 2 aromatic rings. The summed E-state index contributed by atoms with van der Waals surface area (Å²) in [6, 6.07) is 15.1. The van der Waals surface area contributed by atoms with Crippen molar-refractivity contribution in [2.75, 3.05) is 14.1 Å². The predicted molar refractivity (Wildman–Crippen MR) is 105 cm³/mol. The lowest BCUT2D eigenvalue weighted by atomic mass is 10.00. The summed E-state index contributed by atoms with van der Waals surface area (Å²) in [6.07, 6.45) is 1.28. The van der Waals surface area contributed by atoms with Gasteiger partial charge in [0.05, 0.1) is 0 Å². The van der Waals surface area contributed by atoms with Gasteiger partial charge in [0.15, 0.2) is 5.96 Å². The van der Waals surface area contributed by atoms with Crippen molar-refractivity contribution in [1.29, 1.82) is 0 Å². The first-order valence-electron chi connectivity index (χ1n) is 7.97. The highest BCUT2D eigenvalue weighted by Crippen LogP contribution is 2.32. The first-order chi connectivity index (χ1) is 11.2. The van der Waals surface area contributed by atoms with E-state index >= 15 is 0 Å². The Bertz CT molecular complexity index is 713. The number of rotatable bonds is 3. The maximum atomic E-state index is 5.77. The van der Waals surface area contributed by atoms with Crippen LogP contribution in [0.3, 0.4) is 0 Å². The SMILES string of the molecule is Br.CN=C(NC)NCc1ccc(-c2ccc3c(c2)CC(C)O3)cc1. The monoisotopic (exact) mass is 389 g/mol. The Morgan fingerprint density at radius 1 is 1.17 bits per heavy atom. The van der Waals surface area contributed by atoms with Gasteiger partial charge in [0.25, 0.3) is 0 Å². The van der Waals surface area contributed by atoms with Gasteiger partial charge in [0.2, 0.25) is 0 Å². The molecule has 128 valence electrons. The minimum absolute atomic E-state index is 0. The minimum Gasteiger partial charge on any atom is -0.490 e. The van der Waals surface area contributed by atoms with Crippen LogP contribution in [0.2, 0.25) is 0 Å². The molecule has 0 amide bonds. The van der Waals surface area contributed by atoms with Gasteiger partial charge in [-0.25, -0.2) is 0 Å². The number of nitrogens with zero attached hydrogens (tertiary/aromatic N) is 1. The highest BCUT2D eigenvalue weighted by Gasteiger charge is 2.19. The van der Waals surface area contributed by atoms with Gasteiger partial charge in [0.1, 0.15) is 11.9 Å². The highest BCUT2D eigenvalue weighted by molar-refractivity contribution is 8.93. The average molecular weight is 390 g/mol. The molecule has 4 nitrogen and oxygen atoms in total. The molecule has 0 aromatic heterocycles. The van der Waals surface area contributed by atoms with Gasteiger partial charge in [-0.3, -0.25) is 4.99 Å². The molecule has 1 atom stereocenters. The van der Waals surface area contributed by atoms with Crippen molar-refractivity contribution in [2.45, 2.75) is 26.0 Å². The minimum atomic E-state index is 0. The summed E-state index contributed by atoms with van der Waals surface area (Å²) in [5.74, 6) is 1.82. The molecule has 2 aromatic carbocycles. The normalized spacial score (nSPS) is 16.0. The quantitative estimate of drug-likeness (QED) is 0.623. The van der Waals surface area contributed by atoms with Crippen LogP contribution < -0.4 is 15.4 Å². The Hall–Kier alpha value is -2.01. The van der Waals surface area contributed by atoms with Gasteiger partial charge in [-0.2, -0.15) is 0 Å². The van der Waals surface area contributed by atoms with Crippen molar-refractivity contribution >= 4 is 22.9 Å². The van der Waals surface area contributed by atoms with E-state index in [1.807, 2.05) is 7.05 Å². The van der Waals surface area contributed by atoms with Gasteiger partial charge in [-0.1, -0.05) is 30.3 Å². The first kappa shape index (κ1) is 18.3. The van der Waals surface area contributed by atoms with Crippen LogP contribution in [0.5, 0.6) is 5.75 Å². The van der Waals surface area contributed by atoms with Crippen molar-refractivity contribution in [3.05, 3.63) is 53.6 Å². The first-order valence-corrected chi connectivity index (χ1v) is 7.97. The lowest BCUT2D eigenvalue weighted by molar-refractivity contribution is 0.254. The van der Waals surface area contributed by atoms with Gasteiger partial charge in [-0.15, -0.1) is 17.0 Å². The fourth-order valence-corrected chi connectivity index (χ4v) is 2.88. The van der Waals surface area contributed by atoms with E-state index in [2.05, 4.69) is 65.0 Å². The Labute approximate surface area is 154 Å². The molecule has 1 aliphatic heterocycles. The van der Waals surface area contributed by atoms with E-state index in [0.717, 1.165) is 24.7 Å². The van der Waals surface area contributed by atoms with Gasteiger partial charge in [-0.05, 0) is 41.3 Å². The predicted octanol–water partition coefficient (Wildman–Crippen LogP) is 3.55. The summed E-state index contributed by atoms with van der Waals surface area (Å²) >= 11 is 0. The summed E-state index contributed by atoms with van der Waals surface area (Å²) in [6.45, 7) is 2.86. The van der Waals surface area contributed by atoms with Crippen molar-refractivity contribution in [1.82, 2.24) is 10.6 Å². The van der Waals surface area contributed by atoms with Crippen LogP contribution in [-0.2, 0) is 13.0 Å². The van der Waals surface area contributed by atoms with Crippen molar-refractivity contribution in [3.8, 4) is 16.9 Å². The van der Waals surface area contributed by atoms with Crippen molar-refractivity contribution in [3.63, 3.8) is 0 Å². The summed E-state index contributed by atoms with van der Waals surface area (Å²) in [4.78, 5) is 4.11. The maximum absolute atomic E-state index is 5.77. The maximum Gasteiger partial charge on any atom is 0.190 e. The zero-order chi connectivity index (χ0) is 16.2. The molecule has 0 fully saturated rings. The third-order valence-electron chi connectivity index (χ3n) is 4.10. The largest absolute Gasteiger partial charge is 0.490 e. The number of guanidine groups is 1. The Balaban J connectivity index is 0.00000208. The topological polar surface area (TPSA) is 45.7 Å². The third kappa shape index (κ3) is 4.09. The fourth-order valence-electron chi connectivity index (χ4n) is 2.88. The molecule has 24 heavy (non-hydrogen) atoms. The second-order valence-electron chi connectivity index (χ2n) is 5.83. The van der Waals surface area contributed by atoms with E-state index in [-0.39, 0.29) is 23.1 Å². The van der Waals surface area contributed by atoms with Crippen LogP contribution in [0.4, 0.5) is 0 Å². The Kier molecular flexibility index (Phi) is 6.26. The lowest BCUT2D eigenvalue weighted by Gasteiger charge is -2.09. The molecule has 0 bridgehead atoms. The van der Waals surface area contributed by atoms with Crippen LogP contribution in [0, 0.1) is 0 Å². The average Bonchev–Trinajstić information content (AvgIpc) is 2.95. The molecule has 2 N–H and O–H groups in total. The van der Waals surface area contributed by atoms with Crippen LogP contribution >= 0.6 is 17.0 Å². The number of halogens is 1. The van der Waals surface area contributed by atoms with E-state index in [1.165, 1.54) is 22.3 Å². The number of benzene rings is 2. The number of hydrogen-bond donors (Lipinski definition) is 2. The zero-order valence-electron chi connectivity index (χ0n) is 14.3. The van der Waals surface area contributed by atoms with Crippen LogP contribution in [-0.4, -0.2) is 26.2 Å². The molecule has 1 heterocycles. The number of fused-ring (bicyclic) bond motifs is 1. The number of aliphatic imine (C=N–C) groups is 1. The van der Waals surface area contributed by atoms with E-state index in [0.29, 0.717) is 0 Å². The number of ether oxygens (including phenoxy) is 1. The molecule has 1 unspecified atom stereocenters. The molecule has 3 rings (SSSR count). The van der Waals surface area contributed by atoms with Gasteiger partial charge < -0.3 is 15.4 Å². The Morgan fingerprint density at radius 3 is 2.54 bits per heavy atom. The number of nitrogens with one attached hydrogen (secondary N) is 2. The molecule has 0 aliphatic carbocycles. The standard InChI is InChI=1S/C19H23N3O.BrH/c1-13-10-17-11-16(8-9-18(17)23-13)15-6-4-14(5-7-15)12-22-19(20-2)21-3;/h4-9,11,13H,10,12H2,1-3H3,(H2,20,21,22);1H. The fraction of sp³-hybridized carbons (Fsp3) is 0.316. The molecule has 1 aliphatic rings. The summed E-state index contributed by atoms with van der Waals surface area (Å²) in [5, 5.41) is 6.27. The van der Waals surface area contributed by atoms with E-state index in [1.54, 1.807) is 7.05 Å². The number of hydrogen-bond acceptors (Lipinski definition) is 2. The van der Waals surface area contributed by atoms with Crippen LogP contribution in [0.15, 0.2) is 47.5 Å². The van der Waals surface area contributed by atoms with Crippen LogP contribution in [0.1, 0.15) is 18.1 Å². The van der Waals surface area contributed by atoms with E-state index < -0.39 is 0 Å². The van der Waals surface area contributed by atoms with Crippen LogP contribution in [0.25, 0.3) is 11.1 Å². The Morgan fingerprint density at radius 2 is 1.88 bits per heavy atom. The summed E-state index contributed by atoms with van der Waals surface area (Å²) < 4.78 is 5.77. The smallest absolute Gasteiger partial charge is 0.190 e. The van der Waals surface area contributed by atoms with Crippen molar-refractivity contribution in [2.24, 2.45) is 4.99 Å².